The van der Waals surface area contributed by atoms with E-state index in [1.54, 1.807) is 12.4 Å². The van der Waals surface area contributed by atoms with Gasteiger partial charge in [-0.3, -0.25) is 9.59 Å². The first-order chi connectivity index (χ1) is 14.6. The van der Waals surface area contributed by atoms with Crippen LogP contribution in [0.15, 0.2) is 12.4 Å². The molecule has 0 bridgehead atoms. The fraction of sp³-hybridized carbons (Fsp3) is 0.545. The molecule has 1 aromatic rings. The van der Waals surface area contributed by atoms with Crippen molar-refractivity contribution in [1.29, 1.82) is 0 Å². The van der Waals surface area contributed by atoms with Crippen molar-refractivity contribution in [1.82, 2.24) is 20.6 Å². The van der Waals surface area contributed by atoms with Gasteiger partial charge in [0.2, 0.25) is 11.8 Å². The fourth-order valence-electron chi connectivity index (χ4n) is 4.04. The molecule has 158 valence electrons. The van der Waals surface area contributed by atoms with Crippen LogP contribution in [0.4, 0.5) is 11.6 Å². The second kappa shape index (κ2) is 10.5. The summed E-state index contributed by atoms with van der Waals surface area (Å²) in [6.45, 7) is 3.50. The number of amides is 2. The number of rotatable bonds is 6. The number of nitrogens with one attached hydrogen (secondary N) is 2. The van der Waals surface area contributed by atoms with E-state index in [-0.39, 0.29) is 36.7 Å². The van der Waals surface area contributed by atoms with Crippen LogP contribution in [0, 0.1) is 36.5 Å². The molecule has 0 atom stereocenters. The molecule has 2 saturated heterocycles. The summed E-state index contributed by atoms with van der Waals surface area (Å²) in [5, 5.41) is 5.54. The summed E-state index contributed by atoms with van der Waals surface area (Å²) >= 11 is 0. The maximum atomic E-state index is 12.2. The largest absolute Gasteiger partial charge is 0.353 e. The van der Waals surface area contributed by atoms with Gasteiger partial charge in [0.1, 0.15) is 0 Å². The lowest BCUT2D eigenvalue weighted by atomic mass is 9.95. The second-order valence-electron chi connectivity index (χ2n) is 7.57. The maximum absolute atomic E-state index is 12.2. The zero-order valence-electron chi connectivity index (χ0n) is 17.1. The van der Waals surface area contributed by atoms with Gasteiger partial charge in [0, 0.05) is 50.4 Å². The molecular weight excluding hydrogens is 380 g/mol. The van der Waals surface area contributed by atoms with E-state index in [0.29, 0.717) is 0 Å². The number of hydrogen-bond donors (Lipinski definition) is 2. The van der Waals surface area contributed by atoms with E-state index in [1.165, 1.54) is 0 Å². The van der Waals surface area contributed by atoms with E-state index in [9.17, 15) is 9.59 Å². The Labute approximate surface area is 177 Å². The molecule has 0 aliphatic carbocycles. The predicted molar refractivity (Wildman–Crippen MR) is 116 cm³/mol. The number of terminal acetylenes is 2. The third kappa shape index (κ3) is 5.21. The molecule has 2 N–H and O–H groups in total. The van der Waals surface area contributed by atoms with Crippen LogP contribution in [0.3, 0.4) is 0 Å². The third-order valence-electron chi connectivity index (χ3n) is 5.72. The molecule has 3 heterocycles. The monoisotopic (exact) mass is 408 g/mol. The minimum Gasteiger partial charge on any atom is -0.353 e. The van der Waals surface area contributed by atoms with E-state index in [0.717, 1.165) is 63.5 Å². The van der Waals surface area contributed by atoms with Gasteiger partial charge in [0.25, 0.3) is 0 Å². The van der Waals surface area contributed by atoms with Crippen molar-refractivity contribution in [2.24, 2.45) is 11.8 Å². The Bertz CT molecular complexity index is 758. The molecule has 0 unspecified atom stereocenters. The van der Waals surface area contributed by atoms with E-state index >= 15 is 0 Å². The van der Waals surface area contributed by atoms with Crippen LogP contribution in [0.5, 0.6) is 0 Å². The molecular formula is C22H28N6O2. The van der Waals surface area contributed by atoms with Crippen LogP contribution in [0.2, 0.25) is 0 Å². The molecule has 2 aliphatic rings. The summed E-state index contributed by atoms with van der Waals surface area (Å²) < 4.78 is 0. The lowest BCUT2D eigenvalue weighted by molar-refractivity contribution is -0.126. The number of aromatic nitrogens is 2. The Kier molecular flexibility index (Phi) is 7.51. The van der Waals surface area contributed by atoms with Gasteiger partial charge < -0.3 is 20.4 Å². The van der Waals surface area contributed by atoms with Crippen molar-refractivity contribution in [3.63, 3.8) is 0 Å². The first kappa shape index (κ1) is 21.4. The van der Waals surface area contributed by atoms with Crippen LogP contribution in [-0.4, -0.2) is 61.1 Å². The summed E-state index contributed by atoms with van der Waals surface area (Å²) in [7, 11) is 0. The standard InChI is InChI=1S/C22H28N6O2/c1-3-9-25-21(29)17-5-13-27(14-6-17)19-20(24-12-11-23-19)28-15-7-18(8-16-28)22(30)26-10-4-2/h1-2,11-12,17-18H,5-10,13-16H2,(H,25,29)(H,26,30). The van der Waals surface area contributed by atoms with E-state index in [4.69, 9.17) is 12.8 Å². The lowest BCUT2D eigenvalue weighted by Gasteiger charge is -2.37. The summed E-state index contributed by atoms with van der Waals surface area (Å²) in [4.78, 5) is 37.9. The zero-order chi connectivity index (χ0) is 21.3. The first-order valence-electron chi connectivity index (χ1n) is 10.4. The minimum atomic E-state index is -0.0213. The average Bonchev–Trinajstić information content (AvgIpc) is 2.81. The van der Waals surface area contributed by atoms with Gasteiger partial charge in [-0.05, 0) is 25.7 Å². The Morgan fingerprint density at radius 3 is 1.53 bits per heavy atom. The fourth-order valence-corrected chi connectivity index (χ4v) is 4.04. The van der Waals surface area contributed by atoms with E-state index in [1.807, 2.05) is 0 Å². The molecule has 2 amide bonds. The Balaban J connectivity index is 1.59. The summed E-state index contributed by atoms with van der Waals surface area (Å²) in [5.41, 5.74) is 0. The highest BCUT2D eigenvalue weighted by Crippen LogP contribution is 2.31. The summed E-state index contributed by atoms with van der Waals surface area (Å²) in [6.07, 6.45) is 16.8. The van der Waals surface area contributed by atoms with Crippen LogP contribution in [0.25, 0.3) is 0 Å². The van der Waals surface area contributed by atoms with Crippen molar-refractivity contribution in [3.05, 3.63) is 12.4 Å². The molecule has 2 fully saturated rings. The summed E-state index contributed by atoms with van der Waals surface area (Å²) in [5.74, 6) is 6.57. The molecule has 0 aromatic carbocycles. The average molecular weight is 409 g/mol. The Morgan fingerprint density at radius 1 is 0.833 bits per heavy atom. The highest BCUT2D eigenvalue weighted by atomic mass is 16.2. The minimum absolute atomic E-state index is 0.0213. The zero-order valence-corrected chi connectivity index (χ0v) is 17.1. The van der Waals surface area contributed by atoms with Gasteiger partial charge in [-0.1, -0.05) is 11.8 Å². The van der Waals surface area contributed by atoms with Crippen LogP contribution in [0.1, 0.15) is 25.7 Å². The van der Waals surface area contributed by atoms with Gasteiger partial charge >= 0.3 is 0 Å². The van der Waals surface area contributed by atoms with Crippen LogP contribution < -0.4 is 20.4 Å². The van der Waals surface area contributed by atoms with E-state index < -0.39 is 0 Å². The predicted octanol–water partition coefficient (Wildman–Crippen LogP) is 0.408. The van der Waals surface area contributed by atoms with E-state index in [2.05, 4.69) is 42.2 Å². The molecule has 1 aromatic heterocycles. The highest BCUT2D eigenvalue weighted by Gasteiger charge is 2.30. The van der Waals surface area contributed by atoms with Crippen molar-refractivity contribution in [3.8, 4) is 24.7 Å². The molecule has 30 heavy (non-hydrogen) atoms. The number of nitrogens with zero attached hydrogens (tertiary/aromatic N) is 4. The molecule has 8 heteroatoms. The number of piperidine rings is 2. The topological polar surface area (TPSA) is 90.5 Å². The van der Waals surface area contributed by atoms with Gasteiger partial charge in [-0.2, -0.15) is 0 Å². The maximum Gasteiger partial charge on any atom is 0.223 e. The SMILES string of the molecule is C#CCNC(=O)C1CCN(c2nccnc2N2CCC(C(=O)NCC#C)CC2)CC1. The number of carbonyl (C=O) groups is 2. The molecule has 0 spiro atoms. The van der Waals surface area contributed by atoms with Gasteiger partial charge in [0.15, 0.2) is 11.6 Å². The Morgan fingerprint density at radius 2 is 1.20 bits per heavy atom. The Hall–Kier alpha value is -3.26. The molecule has 0 radical (unpaired) electrons. The first-order valence-corrected chi connectivity index (χ1v) is 10.4. The van der Waals surface area contributed by atoms with Crippen LogP contribution in [-0.2, 0) is 9.59 Å². The quantitative estimate of drug-likeness (QED) is 0.663. The van der Waals surface area contributed by atoms with Crippen molar-refractivity contribution >= 4 is 23.5 Å². The normalized spacial score (nSPS) is 17.7. The highest BCUT2D eigenvalue weighted by molar-refractivity contribution is 5.80. The van der Waals surface area contributed by atoms with Crippen molar-refractivity contribution in [2.45, 2.75) is 25.7 Å². The molecule has 2 aliphatic heterocycles. The molecule has 3 rings (SSSR count). The van der Waals surface area contributed by atoms with Gasteiger partial charge in [0.05, 0.1) is 13.1 Å². The smallest absolute Gasteiger partial charge is 0.223 e. The summed E-state index contributed by atoms with van der Waals surface area (Å²) in [6, 6.07) is 0. The number of anilines is 2. The molecule has 0 saturated carbocycles. The van der Waals surface area contributed by atoms with Crippen molar-refractivity contribution in [2.75, 3.05) is 49.1 Å². The van der Waals surface area contributed by atoms with Crippen LogP contribution >= 0.6 is 0 Å². The number of carbonyl (C=O) groups excluding carboxylic acids is 2. The lowest BCUT2D eigenvalue weighted by Crippen LogP contribution is -2.43. The van der Waals surface area contributed by atoms with Gasteiger partial charge in [-0.15, -0.1) is 12.8 Å². The third-order valence-corrected chi connectivity index (χ3v) is 5.72. The second-order valence-corrected chi connectivity index (χ2v) is 7.57. The number of hydrogen-bond acceptors (Lipinski definition) is 6. The van der Waals surface area contributed by atoms with Crippen molar-refractivity contribution < 1.29 is 9.59 Å². The molecule has 8 nitrogen and oxygen atoms in total. The van der Waals surface area contributed by atoms with Gasteiger partial charge in [-0.25, -0.2) is 9.97 Å².